The topological polar surface area (TPSA) is 104 Å². The minimum Gasteiger partial charge on any atom is -0.297 e. The smallest absolute Gasteiger partial charge is 0.276 e. The molecule has 0 aromatic rings. The molecule has 2 aliphatic rings. The van der Waals surface area contributed by atoms with Crippen LogP contribution in [0.3, 0.4) is 0 Å². The van der Waals surface area contributed by atoms with Gasteiger partial charge >= 0.3 is 0 Å². The van der Waals surface area contributed by atoms with Crippen LogP contribution >= 0.6 is 0 Å². The molecule has 2 rings (SSSR count). The van der Waals surface area contributed by atoms with E-state index in [1.54, 1.807) is 0 Å². The third-order valence-corrected chi connectivity index (χ3v) is 3.71. The number of hydrogen-bond acceptors (Lipinski definition) is 6. The van der Waals surface area contributed by atoms with Gasteiger partial charge in [0.15, 0.2) is 11.9 Å². The Labute approximate surface area is 91.8 Å². The number of sulfonamides is 1. The number of carbonyl (C=O) groups excluding carboxylic acids is 1. The number of amides is 1. The lowest BCUT2D eigenvalue weighted by Gasteiger charge is -2.19. The molecule has 0 saturated heterocycles. The number of aliphatic imine (C=N–C) groups is 3. The van der Waals surface area contributed by atoms with Crippen molar-refractivity contribution in [1.29, 1.82) is 0 Å². The lowest BCUT2D eigenvalue weighted by atomic mass is 10.2. The Morgan fingerprint density at radius 1 is 1.44 bits per heavy atom. The van der Waals surface area contributed by atoms with Crippen molar-refractivity contribution >= 4 is 33.3 Å². The van der Waals surface area contributed by atoms with Gasteiger partial charge in [-0.2, -0.15) is 0 Å². The van der Waals surface area contributed by atoms with Gasteiger partial charge in [0.1, 0.15) is 6.34 Å². The Hall–Kier alpha value is -1.61. The summed E-state index contributed by atoms with van der Waals surface area (Å²) in [6.45, 7) is 0. The van der Waals surface area contributed by atoms with E-state index in [9.17, 15) is 13.2 Å². The highest BCUT2D eigenvalue weighted by atomic mass is 32.2. The van der Waals surface area contributed by atoms with Crippen LogP contribution in [-0.4, -0.2) is 56.1 Å². The van der Waals surface area contributed by atoms with Crippen LogP contribution in [0.4, 0.5) is 0 Å². The molecule has 0 aromatic carbocycles. The molecule has 0 aliphatic carbocycles. The first kappa shape index (κ1) is 10.9. The standard InChI is InChI=1S/C7H9N5O3S/c1-12(2)16(14,15)7-10-5-4(6(13)11-7)8-3-9-5/h3-4H,1-2H3,(H,8,9,10,11,13). The summed E-state index contributed by atoms with van der Waals surface area (Å²) in [5, 5.41) is 1.78. The van der Waals surface area contributed by atoms with E-state index in [2.05, 4.69) is 20.3 Å². The van der Waals surface area contributed by atoms with Crippen molar-refractivity contribution in [3.63, 3.8) is 0 Å². The molecule has 16 heavy (non-hydrogen) atoms. The van der Waals surface area contributed by atoms with Crippen molar-refractivity contribution < 1.29 is 13.2 Å². The molecule has 8 nitrogen and oxygen atoms in total. The van der Waals surface area contributed by atoms with Gasteiger partial charge in [-0.1, -0.05) is 0 Å². The van der Waals surface area contributed by atoms with Gasteiger partial charge in [-0.05, 0) is 0 Å². The summed E-state index contributed by atoms with van der Waals surface area (Å²) in [5.41, 5.74) is 0. The highest BCUT2D eigenvalue weighted by Gasteiger charge is 2.36. The molecular formula is C7H9N5O3S. The fourth-order valence-corrected chi connectivity index (χ4v) is 1.96. The minimum atomic E-state index is -3.76. The zero-order valence-corrected chi connectivity index (χ0v) is 9.39. The average Bonchev–Trinajstić information content (AvgIpc) is 2.65. The number of carbonyl (C=O) groups is 1. The summed E-state index contributed by atoms with van der Waals surface area (Å²) in [7, 11) is -1.06. The summed E-state index contributed by atoms with van der Waals surface area (Å²) in [5.74, 6) is -0.438. The first-order valence-corrected chi connectivity index (χ1v) is 5.78. The molecule has 2 heterocycles. The van der Waals surface area contributed by atoms with Crippen molar-refractivity contribution in [3.8, 4) is 0 Å². The van der Waals surface area contributed by atoms with Crippen LogP contribution in [0.2, 0.25) is 0 Å². The van der Waals surface area contributed by atoms with Gasteiger partial charge in [-0.3, -0.25) is 15.1 Å². The van der Waals surface area contributed by atoms with Gasteiger partial charge in [0.05, 0.1) is 0 Å². The van der Waals surface area contributed by atoms with Gasteiger partial charge in [-0.15, -0.1) is 0 Å². The molecule has 2 aliphatic heterocycles. The maximum atomic E-state index is 11.7. The zero-order chi connectivity index (χ0) is 11.9. The molecule has 1 atom stereocenters. The average molecular weight is 243 g/mol. The second kappa shape index (κ2) is 3.46. The molecule has 0 aromatic heterocycles. The Kier molecular flexibility index (Phi) is 2.35. The van der Waals surface area contributed by atoms with Crippen molar-refractivity contribution in [2.75, 3.05) is 14.1 Å². The zero-order valence-electron chi connectivity index (χ0n) is 8.58. The van der Waals surface area contributed by atoms with Crippen molar-refractivity contribution in [2.24, 2.45) is 15.0 Å². The molecule has 0 saturated carbocycles. The maximum absolute atomic E-state index is 11.7. The summed E-state index contributed by atoms with van der Waals surface area (Å²) in [4.78, 5) is 22.7. The van der Waals surface area contributed by atoms with Crippen molar-refractivity contribution in [1.82, 2.24) is 9.62 Å². The van der Waals surface area contributed by atoms with E-state index in [4.69, 9.17) is 0 Å². The minimum absolute atomic E-state index is 0.101. The predicted molar refractivity (Wildman–Crippen MR) is 57.9 cm³/mol. The summed E-state index contributed by atoms with van der Waals surface area (Å²) in [6, 6.07) is -0.818. The number of amidine groups is 2. The molecule has 1 N–H and O–H groups in total. The fraction of sp³-hybridized carbons (Fsp3) is 0.429. The van der Waals surface area contributed by atoms with Crippen LogP contribution in [0.25, 0.3) is 0 Å². The van der Waals surface area contributed by atoms with E-state index in [-0.39, 0.29) is 5.84 Å². The van der Waals surface area contributed by atoms with Gasteiger partial charge in [-0.25, -0.2) is 22.7 Å². The second-order valence-electron chi connectivity index (χ2n) is 3.35. The van der Waals surface area contributed by atoms with Crippen LogP contribution in [-0.2, 0) is 14.8 Å². The highest BCUT2D eigenvalue weighted by Crippen LogP contribution is 2.10. The largest absolute Gasteiger partial charge is 0.297 e. The molecular weight excluding hydrogens is 234 g/mol. The molecule has 1 amide bonds. The van der Waals surface area contributed by atoms with Gasteiger partial charge in [0, 0.05) is 14.1 Å². The van der Waals surface area contributed by atoms with Crippen LogP contribution in [0.1, 0.15) is 0 Å². The molecule has 0 radical (unpaired) electrons. The number of rotatable bonds is 1. The fourth-order valence-electron chi connectivity index (χ4n) is 1.17. The Bertz CT molecular complexity index is 530. The SMILES string of the molecule is CN(C)S(=O)(=O)C1=NC2=NC=NC2C(=O)N1. The van der Waals surface area contributed by atoms with Crippen LogP contribution in [0, 0.1) is 0 Å². The molecule has 9 heteroatoms. The highest BCUT2D eigenvalue weighted by molar-refractivity contribution is 8.04. The van der Waals surface area contributed by atoms with E-state index < -0.39 is 27.1 Å². The van der Waals surface area contributed by atoms with Gasteiger partial charge in [0.25, 0.3) is 15.9 Å². The van der Waals surface area contributed by atoms with E-state index in [1.807, 2.05) is 0 Å². The summed E-state index contributed by atoms with van der Waals surface area (Å²) in [6.07, 6.45) is 1.19. The summed E-state index contributed by atoms with van der Waals surface area (Å²) >= 11 is 0. The Morgan fingerprint density at radius 3 is 2.75 bits per heavy atom. The summed E-state index contributed by atoms with van der Waals surface area (Å²) < 4.78 is 24.4. The molecule has 86 valence electrons. The number of fused-ring (bicyclic) bond motifs is 1. The number of hydrogen-bond donors (Lipinski definition) is 1. The lowest BCUT2D eigenvalue weighted by molar-refractivity contribution is -0.119. The van der Waals surface area contributed by atoms with Crippen LogP contribution in [0.15, 0.2) is 15.0 Å². The Morgan fingerprint density at radius 2 is 2.12 bits per heavy atom. The molecule has 1 unspecified atom stereocenters. The molecule has 0 fully saturated rings. The first-order valence-electron chi connectivity index (χ1n) is 4.34. The van der Waals surface area contributed by atoms with Crippen molar-refractivity contribution in [2.45, 2.75) is 6.04 Å². The normalized spacial score (nSPS) is 23.9. The van der Waals surface area contributed by atoms with E-state index in [0.717, 1.165) is 4.31 Å². The maximum Gasteiger partial charge on any atom is 0.276 e. The lowest BCUT2D eigenvalue weighted by Crippen LogP contribution is -2.50. The van der Waals surface area contributed by atoms with E-state index in [0.29, 0.717) is 0 Å². The van der Waals surface area contributed by atoms with Gasteiger partial charge < -0.3 is 0 Å². The molecule has 0 bridgehead atoms. The van der Waals surface area contributed by atoms with Crippen LogP contribution < -0.4 is 5.32 Å². The van der Waals surface area contributed by atoms with Gasteiger partial charge in [0.2, 0.25) is 5.17 Å². The van der Waals surface area contributed by atoms with Crippen LogP contribution in [0.5, 0.6) is 0 Å². The third-order valence-electron chi connectivity index (χ3n) is 2.07. The Balaban J connectivity index is 2.43. The number of nitrogens with zero attached hydrogens (tertiary/aromatic N) is 4. The molecule has 0 spiro atoms. The first-order chi connectivity index (χ1) is 7.43. The number of nitrogens with one attached hydrogen (secondary N) is 1. The van der Waals surface area contributed by atoms with E-state index >= 15 is 0 Å². The second-order valence-corrected chi connectivity index (χ2v) is 5.42. The van der Waals surface area contributed by atoms with Crippen molar-refractivity contribution in [3.05, 3.63) is 0 Å². The third kappa shape index (κ3) is 1.53. The van der Waals surface area contributed by atoms with E-state index in [1.165, 1.54) is 20.4 Å². The predicted octanol–water partition coefficient (Wildman–Crippen LogP) is -1.83. The quantitative estimate of drug-likeness (QED) is 0.586. The monoisotopic (exact) mass is 243 g/mol.